The first-order valence-corrected chi connectivity index (χ1v) is 16.0. The van der Waals surface area contributed by atoms with E-state index in [-0.39, 0.29) is 11.0 Å². The first kappa shape index (κ1) is 24.4. The molecule has 0 unspecified atom stereocenters. The third-order valence-electron chi connectivity index (χ3n) is 5.26. The Morgan fingerprint density at radius 1 is 0.833 bits per heavy atom. The summed E-state index contributed by atoms with van der Waals surface area (Å²) in [6, 6.07) is 0. The molecule has 0 fully saturated rings. The molecule has 0 aromatic heterocycles. The Labute approximate surface area is 154 Å². The SMILES string of the molecule is CCC[CH2][Ge]([CH2]CCC)([CH2]CCC)[C@H](C[C@H](O)CCC)OCOC. The van der Waals surface area contributed by atoms with Crippen molar-refractivity contribution in [2.24, 2.45) is 0 Å². The number of rotatable bonds is 17. The summed E-state index contributed by atoms with van der Waals surface area (Å²) in [4.78, 5) is 0.288. The molecule has 1 N–H and O–H groups in total. The minimum absolute atomic E-state index is 0.216. The van der Waals surface area contributed by atoms with Crippen LogP contribution in [0.3, 0.4) is 0 Å². The number of ether oxygens (including phenoxy) is 2. The minimum atomic E-state index is -2.20. The van der Waals surface area contributed by atoms with Crippen molar-refractivity contribution in [1.82, 2.24) is 0 Å². The van der Waals surface area contributed by atoms with E-state index in [4.69, 9.17) is 9.47 Å². The van der Waals surface area contributed by atoms with E-state index in [1.54, 1.807) is 7.11 Å². The van der Waals surface area contributed by atoms with Crippen LogP contribution in [0.5, 0.6) is 0 Å². The van der Waals surface area contributed by atoms with E-state index in [1.807, 2.05) is 0 Å². The van der Waals surface area contributed by atoms with Crippen molar-refractivity contribution in [2.45, 2.75) is 112 Å². The van der Waals surface area contributed by atoms with Crippen LogP contribution in [0.1, 0.15) is 85.5 Å². The van der Waals surface area contributed by atoms with E-state index in [0.29, 0.717) is 6.79 Å². The van der Waals surface area contributed by atoms with Gasteiger partial charge >= 0.3 is 154 Å². The summed E-state index contributed by atoms with van der Waals surface area (Å²) in [5.74, 6) is 0. The fourth-order valence-corrected chi connectivity index (χ4v) is 16.5. The van der Waals surface area contributed by atoms with E-state index in [2.05, 4.69) is 27.7 Å². The zero-order valence-corrected chi connectivity index (χ0v) is 19.2. The molecule has 0 aromatic carbocycles. The molecular weight excluding hydrogens is 361 g/mol. The third-order valence-corrected chi connectivity index (χ3v) is 17.5. The molecule has 0 heterocycles. The van der Waals surface area contributed by atoms with E-state index < -0.39 is 13.3 Å². The maximum atomic E-state index is 10.5. The zero-order valence-electron chi connectivity index (χ0n) is 17.1. The fourth-order valence-electron chi connectivity index (χ4n) is 3.79. The Bertz CT molecular complexity index is 252. The van der Waals surface area contributed by atoms with Gasteiger partial charge in [0.1, 0.15) is 0 Å². The number of aliphatic hydroxyl groups is 1. The topological polar surface area (TPSA) is 38.7 Å². The van der Waals surface area contributed by atoms with Crippen LogP contribution >= 0.6 is 0 Å². The monoisotopic (exact) mass is 406 g/mol. The van der Waals surface area contributed by atoms with Gasteiger partial charge in [-0.05, 0) is 0 Å². The predicted octanol–water partition coefficient (Wildman–Crippen LogP) is 5.91. The van der Waals surface area contributed by atoms with Gasteiger partial charge in [-0.2, -0.15) is 0 Å². The molecule has 0 aliphatic carbocycles. The summed E-state index contributed by atoms with van der Waals surface area (Å²) >= 11 is -2.20. The van der Waals surface area contributed by atoms with Crippen LogP contribution < -0.4 is 0 Å². The van der Waals surface area contributed by atoms with Gasteiger partial charge in [0.15, 0.2) is 0 Å². The summed E-state index contributed by atoms with van der Waals surface area (Å²) in [7, 11) is 1.71. The average molecular weight is 405 g/mol. The first-order valence-electron chi connectivity index (χ1n) is 10.4. The number of aliphatic hydroxyl groups excluding tert-OH is 1. The molecule has 0 rings (SSSR count). The molecule has 0 aliphatic rings. The Hall–Kier alpha value is 0.423. The summed E-state index contributed by atoms with van der Waals surface area (Å²) in [6.45, 7) is 9.41. The summed E-state index contributed by atoms with van der Waals surface area (Å²) < 4.78 is 11.5. The summed E-state index contributed by atoms with van der Waals surface area (Å²) in [5, 5.41) is 14.6. The van der Waals surface area contributed by atoms with E-state index in [9.17, 15) is 5.11 Å². The summed E-state index contributed by atoms with van der Waals surface area (Å²) in [5.41, 5.74) is 0. The van der Waals surface area contributed by atoms with E-state index in [1.165, 1.54) is 54.3 Å². The van der Waals surface area contributed by atoms with Crippen molar-refractivity contribution < 1.29 is 14.6 Å². The number of hydrogen-bond acceptors (Lipinski definition) is 3. The molecule has 0 aliphatic heterocycles. The standard InChI is InChI=1S/C20H44GeO3/c1-6-10-14-21(15-11-7-2,16-12-8-3)20(24-18-23-5)17-19(22)13-9-4/h19-20,22H,6-18H2,1-5H3/t19-,20+/m1/s1. The Kier molecular flexibility index (Phi) is 15.9. The van der Waals surface area contributed by atoms with Gasteiger partial charge in [-0.3, -0.25) is 0 Å². The van der Waals surface area contributed by atoms with Gasteiger partial charge in [0, 0.05) is 0 Å². The first-order chi connectivity index (χ1) is 11.6. The number of methoxy groups -OCH3 is 1. The maximum absolute atomic E-state index is 10.5. The quantitative estimate of drug-likeness (QED) is 0.241. The van der Waals surface area contributed by atoms with Crippen LogP contribution in [0, 0.1) is 0 Å². The molecule has 0 aromatic rings. The van der Waals surface area contributed by atoms with E-state index in [0.717, 1.165) is 19.3 Å². The van der Waals surface area contributed by atoms with Crippen LogP contribution in [-0.4, -0.2) is 43.3 Å². The number of unbranched alkanes of at least 4 members (excludes halogenated alkanes) is 3. The molecule has 0 bridgehead atoms. The molecule has 2 atom stereocenters. The molecule has 146 valence electrons. The van der Waals surface area contributed by atoms with Crippen molar-refractivity contribution >= 4 is 13.3 Å². The molecule has 4 heteroatoms. The Morgan fingerprint density at radius 2 is 1.33 bits per heavy atom. The van der Waals surface area contributed by atoms with Crippen LogP contribution in [0.25, 0.3) is 0 Å². The molecule has 0 saturated heterocycles. The molecular formula is C20H44GeO3. The van der Waals surface area contributed by atoms with Crippen LogP contribution in [0.4, 0.5) is 0 Å². The molecule has 0 radical (unpaired) electrons. The zero-order chi connectivity index (χ0) is 18.3. The molecule has 0 amide bonds. The van der Waals surface area contributed by atoms with Crippen LogP contribution in [-0.2, 0) is 9.47 Å². The van der Waals surface area contributed by atoms with Gasteiger partial charge in [-0.15, -0.1) is 0 Å². The molecule has 0 spiro atoms. The average Bonchev–Trinajstić information content (AvgIpc) is 2.58. The van der Waals surface area contributed by atoms with Crippen molar-refractivity contribution in [2.75, 3.05) is 13.9 Å². The van der Waals surface area contributed by atoms with Gasteiger partial charge in [0.05, 0.1) is 0 Å². The third kappa shape index (κ3) is 9.79. The van der Waals surface area contributed by atoms with E-state index >= 15 is 0 Å². The molecule has 24 heavy (non-hydrogen) atoms. The van der Waals surface area contributed by atoms with Crippen molar-refractivity contribution in [3.8, 4) is 0 Å². The van der Waals surface area contributed by atoms with Gasteiger partial charge in [0.2, 0.25) is 0 Å². The molecule has 3 nitrogen and oxygen atoms in total. The van der Waals surface area contributed by atoms with Crippen molar-refractivity contribution in [3.05, 3.63) is 0 Å². The second-order valence-electron chi connectivity index (χ2n) is 7.41. The van der Waals surface area contributed by atoms with Crippen molar-refractivity contribution in [3.63, 3.8) is 0 Å². The van der Waals surface area contributed by atoms with Crippen LogP contribution in [0.15, 0.2) is 0 Å². The predicted molar refractivity (Wildman–Crippen MR) is 107 cm³/mol. The number of hydrogen-bond donors (Lipinski definition) is 1. The second-order valence-corrected chi connectivity index (χ2v) is 17.6. The van der Waals surface area contributed by atoms with Gasteiger partial charge < -0.3 is 0 Å². The summed E-state index contributed by atoms with van der Waals surface area (Å²) in [6.07, 6.45) is 10.3. The Morgan fingerprint density at radius 3 is 1.71 bits per heavy atom. The second kappa shape index (κ2) is 15.7. The van der Waals surface area contributed by atoms with Gasteiger partial charge in [0.25, 0.3) is 0 Å². The van der Waals surface area contributed by atoms with Crippen LogP contribution in [0.2, 0.25) is 15.8 Å². The van der Waals surface area contributed by atoms with Gasteiger partial charge in [-0.25, -0.2) is 0 Å². The normalized spacial score (nSPS) is 14.8. The Balaban J connectivity index is 5.33. The van der Waals surface area contributed by atoms with Crippen molar-refractivity contribution in [1.29, 1.82) is 0 Å². The fraction of sp³-hybridized carbons (Fsp3) is 1.00. The van der Waals surface area contributed by atoms with Gasteiger partial charge in [-0.1, -0.05) is 0 Å². The molecule has 0 saturated carbocycles.